The summed E-state index contributed by atoms with van der Waals surface area (Å²) in [6.45, 7) is 5.36. The van der Waals surface area contributed by atoms with Crippen molar-refractivity contribution in [2.75, 3.05) is 5.32 Å². The van der Waals surface area contributed by atoms with Crippen LogP contribution in [0.15, 0.2) is 42.5 Å². The van der Waals surface area contributed by atoms with Crippen molar-refractivity contribution in [1.82, 2.24) is 0 Å². The fraction of sp³-hybridized carbons (Fsp3) is 0.300. The second-order valence-corrected chi connectivity index (χ2v) is 7.35. The average Bonchev–Trinajstić information content (AvgIpc) is 2.51. The molecule has 0 aliphatic carbocycles. The van der Waals surface area contributed by atoms with Crippen LogP contribution >= 0.6 is 11.6 Å². The van der Waals surface area contributed by atoms with Crippen molar-refractivity contribution in [3.05, 3.63) is 53.1 Å². The monoisotopic (exact) mass is 375 g/mol. The Hall–Kier alpha value is -2.53. The summed E-state index contributed by atoms with van der Waals surface area (Å²) in [5, 5.41) is 12.2. The fourth-order valence-electron chi connectivity index (χ4n) is 2.42. The number of aryl methyl sites for hydroxylation is 1. The normalized spacial score (nSPS) is 11.1. The number of hydrogen-bond donors (Lipinski definition) is 2. The molecule has 26 heavy (non-hydrogen) atoms. The molecular formula is C20H22ClNO4. The van der Waals surface area contributed by atoms with Crippen molar-refractivity contribution in [1.29, 1.82) is 0 Å². The third-order valence-corrected chi connectivity index (χ3v) is 3.72. The van der Waals surface area contributed by atoms with E-state index >= 15 is 0 Å². The molecule has 0 bridgehead atoms. The quantitative estimate of drug-likeness (QED) is 0.736. The van der Waals surface area contributed by atoms with E-state index in [1.165, 1.54) is 0 Å². The molecule has 0 unspecified atom stereocenters. The van der Waals surface area contributed by atoms with Gasteiger partial charge in [-0.15, -0.1) is 0 Å². The van der Waals surface area contributed by atoms with Crippen LogP contribution in [-0.2, 0) is 16.0 Å². The molecule has 138 valence electrons. The van der Waals surface area contributed by atoms with Crippen molar-refractivity contribution >= 4 is 29.4 Å². The lowest BCUT2D eigenvalue weighted by atomic mass is 9.99. The van der Waals surface area contributed by atoms with Gasteiger partial charge in [0.2, 0.25) is 0 Å². The first kappa shape index (κ1) is 19.8. The molecule has 0 saturated heterocycles. The molecule has 2 aromatic rings. The highest BCUT2D eigenvalue weighted by Gasteiger charge is 2.18. The van der Waals surface area contributed by atoms with Gasteiger partial charge in [0.15, 0.2) is 0 Å². The molecule has 0 spiro atoms. The predicted molar refractivity (Wildman–Crippen MR) is 103 cm³/mol. The maximum atomic E-state index is 12.2. The van der Waals surface area contributed by atoms with Crippen molar-refractivity contribution < 1.29 is 19.4 Å². The van der Waals surface area contributed by atoms with Gasteiger partial charge in [0.1, 0.15) is 5.60 Å². The van der Waals surface area contributed by atoms with E-state index in [0.717, 1.165) is 16.7 Å². The molecule has 0 saturated carbocycles. The van der Waals surface area contributed by atoms with E-state index in [0.29, 0.717) is 17.1 Å². The van der Waals surface area contributed by atoms with Gasteiger partial charge >= 0.3 is 12.1 Å². The van der Waals surface area contributed by atoms with Crippen LogP contribution in [0.2, 0.25) is 5.02 Å². The smallest absolute Gasteiger partial charge is 0.412 e. The predicted octanol–water partition coefficient (Wildman–Crippen LogP) is 5.37. The number of carbonyl (C=O) groups is 2. The summed E-state index contributed by atoms with van der Waals surface area (Å²) in [6, 6.07) is 12.7. The maximum Gasteiger partial charge on any atom is 0.412 e. The van der Waals surface area contributed by atoms with Gasteiger partial charge in [-0.05, 0) is 56.5 Å². The average molecular weight is 376 g/mol. The highest BCUT2D eigenvalue weighted by atomic mass is 35.5. The van der Waals surface area contributed by atoms with Crippen molar-refractivity contribution in [2.45, 2.75) is 39.2 Å². The molecule has 2 N–H and O–H groups in total. The molecule has 2 aromatic carbocycles. The number of rotatable bonds is 5. The van der Waals surface area contributed by atoms with Gasteiger partial charge in [0.25, 0.3) is 0 Å². The standard InChI is InChI=1S/C20H22ClNO4/c1-20(2,3)26-19(25)22-17-11-13(8-10-18(23)24)7-9-16(17)14-5-4-6-15(21)12-14/h4-7,9,11-12H,8,10H2,1-3H3,(H,22,25)(H,23,24). The lowest BCUT2D eigenvalue weighted by Gasteiger charge is -2.21. The van der Waals surface area contributed by atoms with Crippen LogP contribution in [-0.4, -0.2) is 22.8 Å². The maximum absolute atomic E-state index is 12.2. The topological polar surface area (TPSA) is 75.6 Å². The summed E-state index contributed by atoms with van der Waals surface area (Å²) < 4.78 is 5.32. The molecular weight excluding hydrogens is 354 g/mol. The van der Waals surface area contributed by atoms with E-state index < -0.39 is 17.7 Å². The molecule has 0 aliphatic heterocycles. The zero-order valence-corrected chi connectivity index (χ0v) is 15.8. The Kier molecular flexibility index (Phi) is 6.27. The second kappa shape index (κ2) is 8.23. The lowest BCUT2D eigenvalue weighted by Crippen LogP contribution is -2.27. The minimum atomic E-state index is -0.870. The number of ether oxygens (including phenoxy) is 1. The number of anilines is 1. The number of benzene rings is 2. The van der Waals surface area contributed by atoms with Crippen molar-refractivity contribution in [3.63, 3.8) is 0 Å². The molecule has 1 amide bonds. The number of carboxylic acid groups (broad SMARTS) is 1. The highest BCUT2D eigenvalue weighted by Crippen LogP contribution is 2.31. The zero-order chi connectivity index (χ0) is 19.3. The van der Waals surface area contributed by atoms with Crippen LogP contribution in [0, 0.1) is 0 Å². The van der Waals surface area contributed by atoms with Crippen LogP contribution in [0.1, 0.15) is 32.8 Å². The van der Waals surface area contributed by atoms with Gasteiger partial charge in [0, 0.05) is 17.0 Å². The van der Waals surface area contributed by atoms with Gasteiger partial charge in [-0.3, -0.25) is 10.1 Å². The summed E-state index contributed by atoms with van der Waals surface area (Å²) in [5.74, 6) is -0.870. The van der Waals surface area contributed by atoms with Crippen LogP contribution in [0.3, 0.4) is 0 Å². The zero-order valence-electron chi connectivity index (χ0n) is 15.0. The van der Waals surface area contributed by atoms with Gasteiger partial charge in [0.05, 0.1) is 5.69 Å². The number of nitrogens with one attached hydrogen (secondary N) is 1. The number of carbonyl (C=O) groups excluding carboxylic acids is 1. The number of carboxylic acids is 1. The molecule has 0 aromatic heterocycles. The second-order valence-electron chi connectivity index (χ2n) is 6.91. The van der Waals surface area contributed by atoms with Crippen LogP contribution < -0.4 is 5.32 Å². The van der Waals surface area contributed by atoms with Gasteiger partial charge < -0.3 is 9.84 Å². The van der Waals surface area contributed by atoms with E-state index in [1.807, 2.05) is 24.3 Å². The first-order chi connectivity index (χ1) is 12.1. The van der Waals surface area contributed by atoms with Gasteiger partial charge in [-0.1, -0.05) is 35.9 Å². The number of halogens is 1. The first-order valence-electron chi connectivity index (χ1n) is 8.25. The van der Waals surface area contributed by atoms with E-state index in [9.17, 15) is 9.59 Å². The Morgan fingerprint density at radius 2 is 1.88 bits per heavy atom. The number of hydrogen-bond acceptors (Lipinski definition) is 3. The SMILES string of the molecule is CC(C)(C)OC(=O)Nc1cc(CCC(=O)O)ccc1-c1cccc(Cl)c1. The first-order valence-corrected chi connectivity index (χ1v) is 8.62. The van der Waals surface area contributed by atoms with Crippen LogP contribution in [0.5, 0.6) is 0 Å². The minimum absolute atomic E-state index is 0.0163. The lowest BCUT2D eigenvalue weighted by molar-refractivity contribution is -0.136. The summed E-state index contributed by atoms with van der Waals surface area (Å²) in [5.41, 5.74) is 2.35. The minimum Gasteiger partial charge on any atom is -0.481 e. The molecule has 0 radical (unpaired) electrons. The third kappa shape index (κ3) is 6.08. The molecule has 2 rings (SSSR count). The number of aliphatic carboxylic acids is 1. The highest BCUT2D eigenvalue weighted by molar-refractivity contribution is 6.30. The Balaban J connectivity index is 2.36. The fourth-order valence-corrected chi connectivity index (χ4v) is 2.61. The molecule has 0 fully saturated rings. The van der Waals surface area contributed by atoms with Gasteiger partial charge in [-0.2, -0.15) is 0 Å². The van der Waals surface area contributed by atoms with E-state index in [-0.39, 0.29) is 6.42 Å². The Morgan fingerprint density at radius 3 is 2.50 bits per heavy atom. The van der Waals surface area contributed by atoms with Crippen molar-refractivity contribution in [3.8, 4) is 11.1 Å². The van der Waals surface area contributed by atoms with Gasteiger partial charge in [-0.25, -0.2) is 4.79 Å². The van der Waals surface area contributed by atoms with Crippen molar-refractivity contribution in [2.24, 2.45) is 0 Å². The summed E-state index contributed by atoms with van der Waals surface area (Å²) in [7, 11) is 0. The summed E-state index contributed by atoms with van der Waals surface area (Å²) in [4.78, 5) is 23.0. The van der Waals surface area contributed by atoms with Crippen LogP contribution in [0.4, 0.5) is 10.5 Å². The third-order valence-electron chi connectivity index (χ3n) is 3.48. The van der Waals surface area contributed by atoms with Crippen LogP contribution in [0.25, 0.3) is 11.1 Å². The van der Waals surface area contributed by atoms with E-state index in [1.54, 1.807) is 39.0 Å². The molecule has 0 atom stereocenters. The molecule has 0 heterocycles. The Bertz CT molecular complexity index is 812. The Morgan fingerprint density at radius 1 is 1.15 bits per heavy atom. The van der Waals surface area contributed by atoms with E-state index in [4.69, 9.17) is 21.4 Å². The largest absolute Gasteiger partial charge is 0.481 e. The summed E-state index contributed by atoms with van der Waals surface area (Å²) in [6.07, 6.45) is -0.188. The summed E-state index contributed by atoms with van der Waals surface area (Å²) >= 11 is 6.08. The number of amides is 1. The Labute approximate surface area is 157 Å². The molecule has 0 aliphatic rings. The molecule has 6 heteroatoms. The van der Waals surface area contributed by atoms with E-state index in [2.05, 4.69) is 5.32 Å². The molecule has 5 nitrogen and oxygen atoms in total.